The van der Waals surface area contributed by atoms with E-state index in [4.69, 9.17) is 0 Å². The van der Waals surface area contributed by atoms with E-state index in [9.17, 15) is 10.1 Å². The van der Waals surface area contributed by atoms with Crippen molar-refractivity contribution < 1.29 is 5.03 Å². The lowest BCUT2D eigenvalue weighted by atomic mass is 10.5. The molecule has 1 heterocycles. The number of aromatic nitrogens is 1. The van der Waals surface area contributed by atoms with Gasteiger partial charge in [0.05, 0.1) is 12.1 Å². The van der Waals surface area contributed by atoms with Crippen LogP contribution in [-0.4, -0.2) is 35.0 Å². The quantitative estimate of drug-likeness (QED) is 0.350. The fourth-order valence-corrected chi connectivity index (χ4v) is 1.39. The number of nitrogens with one attached hydrogen (secondary N) is 1. The molecule has 0 bridgehead atoms. The lowest BCUT2D eigenvalue weighted by molar-refractivity contribution is -0.485. The summed E-state index contributed by atoms with van der Waals surface area (Å²) in [6, 6.07) is 0. The third kappa shape index (κ3) is 3.90. The zero-order chi connectivity index (χ0) is 11.3. The van der Waals surface area contributed by atoms with Crippen LogP contribution in [0.1, 0.15) is 4.88 Å². The topological polar surface area (TPSA) is 83.7 Å². The van der Waals surface area contributed by atoms with Crippen LogP contribution in [0, 0.1) is 10.1 Å². The fraction of sp³-hybridized carbons (Fsp3) is 0.429. The molecule has 0 aliphatic heterocycles. The van der Waals surface area contributed by atoms with Gasteiger partial charge in [-0.15, -0.1) is 11.3 Å². The molecule has 1 aromatic heterocycles. The van der Waals surface area contributed by atoms with Crippen molar-refractivity contribution in [2.24, 2.45) is 5.10 Å². The molecule has 0 spiro atoms. The highest BCUT2D eigenvalue weighted by atomic mass is 32.1. The van der Waals surface area contributed by atoms with Crippen molar-refractivity contribution in [3.8, 4) is 0 Å². The van der Waals surface area contributed by atoms with Crippen LogP contribution in [0.2, 0.25) is 0 Å². The Bertz CT molecular complexity index is 348. The number of thiazole rings is 1. The van der Waals surface area contributed by atoms with Crippen molar-refractivity contribution in [3.05, 3.63) is 26.7 Å². The molecular weight excluding hydrogens is 218 g/mol. The average molecular weight is 229 g/mol. The molecule has 0 aliphatic rings. The van der Waals surface area contributed by atoms with Crippen molar-refractivity contribution in [1.82, 2.24) is 15.2 Å². The SMILES string of the molecule is CN(C)/C(=N\[N+](=O)[O-])NCc1cncs1. The lowest BCUT2D eigenvalue weighted by Crippen LogP contribution is -2.36. The Balaban J connectivity index is 2.56. The van der Waals surface area contributed by atoms with Crippen LogP contribution in [0.15, 0.2) is 16.8 Å². The summed E-state index contributed by atoms with van der Waals surface area (Å²) in [5.41, 5.74) is 1.71. The van der Waals surface area contributed by atoms with Gasteiger partial charge in [-0.1, -0.05) is 0 Å². The molecule has 0 amide bonds. The van der Waals surface area contributed by atoms with Gasteiger partial charge in [0.2, 0.25) is 0 Å². The van der Waals surface area contributed by atoms with Crippen LogP contribution in [0.5, 0.6) is 0 Å². The van der Waals surface area contributed by atoms with E-state index in [1.807, 2.05) is 0 Å². The molecule has 0 aromatic carbocycles. The summed E-state index contributed by atoms with van der Waals surface area (Å²) < 4.78 is 0. The largest absolute Gasteiger partial charge is 0.346 e. The molecule has 0 atom stereocenters. The van der Waals surface area contributed by atoms with E-state index in [0.29, 0.717) is 6.54 Å². The Morgan fingerprint density at radius 2 is 2.53 bits per heavy atom. The first-order chi connectivity index (χ1) is 7.09. The number of hydrogen-bond donors (Lipinski definition) is 1. The average Bonchev–Trinajstić information content (AvgIpc) is 2.63. The summed E-state index contributed by atoms with van der Waals surface area (Å²) in [5.74, 6) is 0.216. The van der Waals surface area contributed by atoms with Crippen molar-refractivity contribution in [3.63, 3.8) is 0 Å². The van der Waals surface area contributed by atoms with E-state index in [1.165, 1.54) is 11.3 Å². The molecule has 0 fully saturated rings. The number of rotatable bonds is 3. The molecule has 1 aromatic rings. The molecule has 82 valence electrons. The minimum absolute atomic E-state index is 0.216. The molecular formula is C7H11N5O2S. The monoisotopic (exact) mass is 229 g/mol. The summed E-state index contributed by atoms with van der Waals surface area (Å²) in [4.78, 5) is 16.7. The number of hydrogen-bond acceptors (Lipinski definition) is 4. The van der Waals surface area contributed by atoms with Gasteiger partial charge >= 0.3 is 0 Å². The smallest absolute Gasteiger partial charge is 0.271 e. The van der Waals surface area contributed by atoms with E-state index in [2.05, 4.69) is 15.4 Å². The van der Waals surface area contributed by atoms with Gasteiger partial charge in [0.1, 0.15) is 5.10 Å². The zero-order valence-electron chi connectivity index (χ0n) is 8.38. The van der Waals surface area contributed by atoms with Gasteiger partial charge < -0.3 is 10.2 Å². The van der Waals surface area contributed by atoms with Gasteiger partial charge in [-0.2, -0.15) is 0 Å². The highest BCUT2D eigenvalue weighted by molar-refractivity contribution is 7.09. The Labute approximate surface area is 90.6 Å². The summed E-state index contributed by atoms with van der Waals surface area (Å²) in [5, 5.41) is 15.6. The van der Waals surface area contributed by atoms with Gasteiger partial charge in [0, 0.05) is 25.2 Å². The van der Waals surface area contributed by atoms with Gasteiger partial charge in [0.25, 0.3) is 5.96 Å². The molecule has 8 heteroatoms. The highest BCUT2D eigenvalue weighted by Crippen LogP contribution is 2.04. The molecule has 0 aliphatic carbocycles. The van der Waals surface area contributed by atoms with Gasteiger partial charge in [-0.3, -0.25) is 4.98 Å². The summed E-state index contributed by atoms with van der Waals surface area (Å²) in [7, 11) is 3.37. The van der Waals surface area contributed by atoms with Crippen molar-refractivity contribution in [2.45, 2.75) is 6.54 Å². The first-order valence-electron chi connectivity index (χ1n) is 4.11. The molecule has 1 rings (SSSR count). The molecule has 1 N–H and O–H groups in total. The zero-order valence-corrected chi connectivity index (χ0v) is 9.19. The van der Waals surface area contributed by atoms with Crippen LogP contribution in [0.3, 0.4) is 0 Å². The second-order valence-corrected chi connectivity index (χ2v) is 3.85. The molecule has 0 radical (unpaired) electrons. The maximum absolute atomic E-state index is 10.2. The van der Waals surface area contributed by atoms with E-state index >= 15 is 0 Å². The number of nitrogens with zero attached hydrogens (tertiary/aromatic N) is 4. The van der Waals surface area contributed by atoms with Gasteiger partial charge in [-0.25, -0.2) is 10.1 Å². The summed E-state index contributed by atoms with van der Waals surface area (Å²) in [6.45, 7) is 0.482. The Morgan fingerprint density at radius 1 is 1.80 bits per heavy atom. The van der Waals surface area contributed by atoms with E-state index in [0.717, 1.165) is 4.88 Å². The Hall–Kier alpha value is -1.70. The van der Waals surface area contributed by atoms with Crippen LogP contribution < -0.4 is 5.32 Å². The van der Waals surface area contributed by atoms with Crippen LogP contribution in [0.25, 0.3) is 0 Å². The predicted molar refractivity (Wildman–Crippen MR) is 57.1 cm³/mol. The van der Waals surface area contributed by atoms with Crippen molar-refractivity contribution >= 4 is 17.3 Å². The first kappa shape index (κ1) is 11.4. The van der Waals surface area contributed by atoms with E-state index in [1.54, 1.807) is 30.7 Å². The van der Waals surface area contributed by atoms with Gasteiger partial charge in [0.15, 0.2) is 5.03 Å². The third-order valence-electron chi connectivity index (χ3n) is 1.50. The molecule has 15 heavy (non-hydrogen) atoms. The normalized spacial score (nSPS) is 11.2. The van der Waals surface area contributed by atoms with Gasteiger partial charge in [-0.05, 0) is 0 Å². The van der Waals surface area contributed by atoms with E-state index in [-0.39, 0.29) is 5.96 Å². The minimum atomic E-state index is -0.727. The summed E-state index contributed by atoms with van der Waals surface area (Å²) in [6.07, 6.45) is 1.71. The minimum Gasteiger partial charge on any atom is -0.346 e. The second kappa shape index (κ2) is 5.25. The van der Waals surface area contributed by atoms with Crippen LogP contribution in [-0.2, 0) is 6.54 Å². The number of nitro groups is 1. The Morgan fingerprint density at radius 3 is 3.00 bits per heavy atom. The highest BCUT2D eigenvalue weighted by Gasteiger charge is 2.07. The predicted octanol–water partition coefficient (Wildman–Crippen LogP) is 0.342. The van der Waals surface area contributed by atoms with Crippen molar-refractivity contribution in [1.29, 1.82) is 0 Å². The fourth-order valence-electron chi connectivity index (χ4n) is 0.856. The molecule has 0 unspecified atom stereocenters. The van der Waals surface area contributed by atoms with E-state index < -0.39 is 5.03 Å². The van der Waals surface area contributed by atoms with Crippen LogP contribution in [0.4, 0.5) is 0 Å². The maximum atomic E-state index is 10.2. The first-order valence-corrected chi connectivity index (χ1v) is 4.99. The lowest BCUT2D eigenvalue weighted by Gasteiger charge is -2.13. The molecule has 0 saturated carbocycles. The molecule has 7 nitrogen and oxygen atoms in total. The standard InChI is InChI=1S/C7H11N5O2S/c1-11(2)7(10-12(13)14)9-4-6-3-8-5-15-6/h3,5H,4H2,1-2H3,(H,9,10). The van der Waals surface area contributed by atoms with Crippen molar-refractivity contribution in [2.75, 3.05) is 14.1 Å². The van der Waals surface area contributed by atoms with Crippen LogP contribution >= 0.6 is 11.3 Å². The molecule has 0 saturated heterocycles. The maximum Gasteiger partial charge on any atom is 0.271 e. The number of hydrazone groups is 1. The third-order valence-corrected chi connectivity index (χ3v) is 2.28. The summed E-state index contributed by atoms with van der Waals surface area (Å²) >= 11 is 1.48. The second-order valence-electron chi connectivity index (χ2n) is 2.88. The Kier molecular flexibility index (Phi) is 3.98. The number of guanidine groups is 1.